The molecule has 0 heterocycles. The van der Waals surface area contributed by atoms with Crippen LogP contribution in [0.1, 0.15) is 258 Å². The van der Waals surface area contributed by atoms with Crippen molar-refractivity contribution in [2.24, 2.45) is 0 Å². The number of allylic oxidation sites excluding steroid dienone is 24. The SMILES string of the molecule is CC/C=C\C/C=C\C/C=C\C/C=C\C/C=C\C/C=C\C/C=C\C/C=C\C/C=C\CCCCCCCCCCCCCC(=O)OC(CO)COC(=O)CCCCCCCC/C=C\C/C=C\C/C=C\CCCCCCC. The Morgan fingerprint density at radius 2 is 0.581 bits per heavy atom. The van der Waals surface area contributed by atoms with E-state index in [1.807, 2.05) is 0 Å². The number of hydrogen-bond donors (Lipinski definition) is 1. The first-order valence-electron chi connectivity index (χ1n) is 30.4. The molecule has 1 N–H and O–H groups in total. The smallest absolute Gasteiger partial charge is 0.306 e. The van der Waals surface area contributed by atoms with Crippen LogP contribution in [0.15, 0.2) is 146 Å². The van der Waals surface area contributed by atoms with Crippen molar-refractivity contribution in [2.75, 3.05) is 13.2 Å². The molecule has 0 aromatic rings. The van der Waals surface area contributed by atoms with E-state index >= 15 is 0 Å². The fourth-order valence-electron chi connectivity index (χ4n) is 8.08. The van der Waals surface area contributed by atoms with E-state index in [2.05, 4.69) is 160 Å². The highest BCUT2D eigenvalue weighted by Crippen LogP contribution is 2.15. The fourth-order valence-corrected chi connectivity index (χ4v) is 8.08. The third kappa shape index (κ3) is 60.3. The molecule has 1 atom stereocenters. The molecule has 5 heteroatoms. The minimum Gasteiger partial charge on any atom is -0.462 e. The Labute approximate surface area is 457 Å². The van der Waals surface area contributed by atoms with Crippen molar-refractivity contribution in [3.8, 4) is 0 Å². The molecule has 0 aromatic carbocycles. The average Bonchev–Trinajstić information content (AvgIpc) is 3.40. The van der Waals surface area contributed by atoms with Gasteiger partial charge in [-0.05, 0) is 122 Å². The van der Waals surface area contributed by atoms with E-state index in [1.165, 1.54) is 116 Å². The van der Waals surface area contributed by atoms with Crippen LogP contribution in [0.4, 0.5) is 0 Å². The topological polar surface area (TPSA) is 72.8 Å². The van der Waals surface area contributed by atoms with Gasteiger partial charge in [-0.15, -0.1) is 0 Å². The van der Waals surface area contributed by atoms with Gasteiger partial charge in [-0.25, -0.2) is 0 Å². The number of carbonyl (C=O) groups is 2. The maximum absolute atomic E-state index is 12.3. The number of carbonyl (C=O) groups excluding carboxylic acids is 2. The summed E-state index contributed by atoms with van der Waals surface area (Å²) in [6, 6.07) is 0. The van der Waals surface area contributed by atoms with E-state index in [0.29, 0.717) is 12.8 Å². The highest BCUT2D eigenvalue weighted by atomic mass is 16.6. The second-order valence-corrected chi connectivity index (χ2v) is 19.7. The summed E-state index contributed by atoms with van der Waals surface area (Å²) in [4.78, 5) is 24.5. The summed E-state index contributed by atoms with van der Waals surface area (Å²) < 4.78 is 10.7. The number of aliphatic hydroxyl groups excluding tert-OH is 1. The summed E-state index contributed by atoms with van der Waals surface area (Å²) in [7, 11) is 0. The average molecular weight is 1020 g/mol. The monoisotopic (exact) mass is 1020 g/mol. The van der Waals surface area contributed by atoms with Crippen LogP contribution in [0.2, 0.25) is 0 Å². The Bertz CT molecular complexity index is 1580. The molecule has 74 heavy (non-hydrogen) atoms. The molecule has 0 fully saturated rings. The van der Waals surface area contributed by atoms with E-state index in [1.54, 1.807) is 0 Å². The molecule has 5 nitrogen and oxygen atoms in total. The summed E-state index contributed by atoms with van der Waals surface area (Å²) in [5.41, 5.74) is 0. The van der Waals surface area contributed by atoms with Crippen molar-refractivity contribution in [2.45, 2.75) is 264 Å². The fraction of sp³-hybridized carbons (Fsp3) is 0.623. The van der Waals surface area contributed by atoms with Crippen molar-refractivity contribution < 1.29 is 24.2 Å². The number of aliphatic hydroxyl groups is 1. The second kappa shape index (κ2) is 63.1. The van der Waals surface area contributed by atoms with Crippen LogP contribution in [0, 0.1) is 0 Å². The minimum atomic E-state index is -0.790. The van der Waals surface area contributed by atoms with Gasteiger partial charge in [0.1, 0.15) is 6.61 Å². The van der Waals surface area contributed by atoms with Crippen molar-refractivity contribution in [3.05, 3.63) is 146 Å². The van der Waals surface area contributed by atoms with Crippen LogP contribution < -0.4 is 0 Å². The van der Waals surface area contributed by atoms with Gasteiger partial charge < -0.3 is 14.6 Å². The second-order valence-electron chi connectivity index (χ2n) is 19.7. The van der Waals surface area contributed by atoms with Crippen LogP contribution >= 0.6 is 0 Å². The van der Waals surface area contributed by atoms with Crippen molar-refractivity contribution >= 4 is 11.9 Å². The molecule has 0 aromatic heterocycles. The lowest BCUT2D eigenvalue weighted by molar-refractivity contribution is -0.161. The molecule has 418 valence electrons. The molecule has 1 unspecified atom stereocenters. The van der Waals surface area contributed by atoms with Gasteiger partial charge in [0.2, 0.25) is 0 Å². The van der Waals surface area contributed by atoms with E-state index < -0.39 is 6.10 Å². The van der Waals surface area contributed by atoms with Crippen LogP contribution in [0.25, 0.3) is 0 Å². The molecule has 0 aliphatic rings. The number of rotatable bonds is 54. The number of hydrogen-bond acceptors (Lipinski definition) is 5. The maximum atomic E-state index is 12.3. The zero-order valence-corrected chi connectivity index (χ0v) is 47.8. The molecule has 0 aliphatic carbocycles. The summed E-state index contributed by atoms with van der Waals surface area (Å²) >= 11 is 0. The summed E-state index contributed by atoms with van der Waals surface area (Å²) in [6.45, 7) is 4.00. The molecule has 0 rings (SSSR count). The first-order valence-corrected chi connectivity index (χ1v) is 30.4. The summed E-state index contributed by atoms with van der Waals surface area (Å²) in [5.74, 6) is -0.613. The normalized spacial score (nSPS) is 13.3. The third-order valence-electron chi connectivity index (χ3n) is 12.6. The third-order valence-corrected chi connectivity index (χ3v) is 12.6. The molecular formula is C69H112O5. The van der Waals surface area contributed by atoms with Gasteiger partial charge in [0.25, 0.3) is 0 Å². The van der Waals surface area contributed by atoms with E-state index in [4.69, 9.17) is 9.47 Å². The Morgan fingerprint density at radius 1 is 0.324 bits per heavy atom. The Morgan fingerprint density at radius 3 is 0.878 bits per heavy atom. The standard InChI is InChI=1S/C69H112O5/c1-3-5-7-9-11-13-15-17-19-21-23-25-26-27-28-29-30-31-32-33-34-35-36-37-38-39-40-41-42-44-46-48-50-52-54-56-58-60-62-64-69(72)74-67(65-70)66-73-68(71)63-61-59-57-55-53-51-49-47-45-43-24-22-20-18-16-14-12-10-8-6-4-2/h5,7,11,13,16-19,22-25,27-28,30-31,33-34,36-37,39-40,45,47,67,70H,3-4,6,8-10,12,14-15,20-21,26,29,32,35,38,41-44,46,48-66H2,1-2H3/b7-5-,13-11-,18-16-,19-17-,24-22-,25-23-,28-27-,31-30-,34-33-,37-36-,40-39-,47-45-. The predicted molar refractivity (Wildman–Crippen MR) is 324 cm³/mol. The lowest BCUT2D eigenvalue weighted by atomic mass is 10.0. The van der Waals surface area contributed by atoms with Gasteiger partial charge in [-0.1, -0.05) is 269 Å². The quantitative estimate of drug-likeness (QED) is 0.0373. The van der Waals surface area contributed by atoms with Gasteiger partial charge in [0.05, 0.1) is 6.61 Å². The Balaban J connectivity index is 3.58. The van der Waals surface area contributed by atoms with Crippen LogP contribution in [-0.2, 0) is 19.1 Å². The molecule has 0 bridgehead atoms. The number of esters is 2. The first kappa shape index (κ1) is 69.8. The largest absolute Gasteiger partial charge is 0.462 e. The van der Waals surface area contributed by atoms with Gasteiger partial charge in [-0.2, -0.15) is 0 Å². The van der Waals surface area contributed by atoms with E-state index in [9.17, 15) is 14.7 Å². The number of ether oxygens (including phenoxy) is 2. The van der Waals surface area contributed by atoms with Crippen molar-refractivity contribution in [1.82, 2.24) is 0 Å². The van der Waals surface area contributed by atoms with Crippen LogP contribution in [0.3, 0.4) is 0 Å². The van der Waals surface area contributed by atoms with Gasteiger partial charge in [0.15, 0.2) is 6.10 Å². The van der Waals surface area contributed by atoms with E-state index in [-0.39, 0.29) is 25.2 Å². The first-order chi connectivity index (χ1) is 36.6. The highest BCUT2D eigenvalue weighted by molar-refractivity contribution is 5.70. The Hall–Kier alpha value is -4.22. The molecule has 0 aliphatic heterocycles. The molecule has 0 amide bonds. The zero-order chi connectivity index (χ0) is 53.4. The molecule has 0 spiro atoms. The lowest BCUT2D eigenvalue weighted by Crippen LogP contribution is -2.28. The van der Waals surface area contributed by atoms with Gasteiger partial charge in [-0.3, -0.25) is 9.59 Å². The van der Waals surface area contributed by atoms with Crippen LogP contribution in [0.5, 0.6) is 0 Å². The molecular weight excluding hydrogens is 909 g/mol. The van der Waals surface area contributed by atoms with Crippen molar-refractivity contribution in [3.63, 3.8) is 0 Å². The number of unbranched alkanes of at least 4 members (excludes halogenated alkanes) is 22. The molecule has 0 saturated carbocycles. The van der Waals surface area contributed by atoms with Crippen molar-refractivity contribution in [1.29, 1.82) is 0 Å². The van der Waals surface area contributed by atoms with Gasteiger partial charge in [0, 0.05) is 12.8 Å². The highest BCUT2D eigenvalue weighted by Gasteiger charge is 2.16. The summed E-state index contributed by atoms with van der Waals surface area (Å²) in [5, 5.41) is 9.66. The predicted octanol–water partition coefficient (Wildman–Crippen LogP) is 21.0. The lowest BCUT2D eigenvalue weighted by Gasteiger charge is -2.15. The van der Waals surface area contributed by atoms with Gasteiger partial charge >= 0.3 is 11.9 Å². The zero-order valence-electron chi connectivity index (χ0n) is 47.8. The molecule has 0 radical (unpaired) electrons. The maximum Gasteiger partial charge on any atom is 0.306 e. The summed E-state index contributed by atoms with van der Waals surface area (Å²) in [6.07, 6.45) is 95.4. The van der Waals surface area contributed by atoms with E-state index in [0.717, 1.165) is 116 Å². The minimum absolute atomic E-state index is 0.0810. The van der Waals surface area contributed by atoms with Crippen LogP contribution in [-0.4, -0.2) is 36.4 Å². The Kier molecular flexibility index (Phi) is 59.5. The molecule has 0 saturated heterocycles.